The third-order valence-corrected chi connectivity index (χ3v) is 3.70. The summed E-state index contributed by atoms with van der Waals surface area (Å²) in [5.41, 5.74) is 1.33. The number of hydrogen-bond donors (Lipinski definition) is 0. The van der Waals surface area contributed by atoms with Crippen molar-refractivity contribution in [3.8, 4) is 6.07 Å². The van der Waals surface area contributed by atoms with Gasteiger partial charge in [-0.25, -0.2) is 0 Å². The minimum absolute atomic E-state index is 0.273. The van der Waals surface area contributed by atoms with Crippen LogP contribution in [-0.2, 0) is 11.2 Å². The quantitative estimate of drug-likeness (QED) is 0.735. The van der Waals surface area contributed by atoms with E-state index in [1.165, 1.54) is 5.56 Å². The van der Waals surface area contributed by atoms with Gasteiger partial charge in [0.15, 0.2) is 0 Å². The van der Waals surface area contributed by atoms with Gasteiger partial charge in [-0.05, 0) is 37.9 Å². The van der Waals surface area contributed by atoms with Crippen LogP contribution in [-0.4, -0.2) is 37.7 Å². The fourth-order valence-corrected chi connectivity index (χ4v) is 2.42. The van der Waals surface area contributed by atoms with Crippen molar-refractivity contribution in [1.29, 1.82) is 5.26 Å². The molecule has 1 saturated heterocycles. The van der Waals surface area contributed by atoms with Gasteiger partial charge in [-0.15, -0.1) is 0 Å². The van der Waals surface area contributed by atoms with Crippen molar-refractivity contribution in [1.82, 2.24) is 4.90 Å². The highest BCUT2D eigenvalue weighted by molar-refractivity contribution is 5.14. The number of nitrogens with zero attached hydrogens (tertiary/aromatic N) is 2. The number of likely N-dealkylation sites (tertiary alicyclic amines) is 1. The van der Waals surface area contributed by atoms with Crippen LogP contribution in [0.1, 0.15) is 18.4 Å². The van der Waals surface area contributed by atoms with Crippen molar-refractivity contribution in [3.63, 3.8) is 0 Å². The molecule has 0 bridgehead atoms. The molecular formula is C16H22N2O. The molecule has 1 fully saturated rings. The van der Waals surface area contributed by atoms with E-state index >= 15 is 0 Å². The molecule has 19 heavy (non-hydrogen) atoms. The van der Waals surface area contributed by atoms with Gasteiger partial charge in [0.25, 0.3) is 0 Å². The molecule has 0 saturated carbocycles. The van der Waals surface area contributed by atoms with Crippen LogP contribution in [0.2, 0.25) is 0 Å². The van der Waals surface area contributed by atoms with Gasteiger partial charge in [-0.1, -0.05) is 30.3 Å². The third-order valence-electron chi connectivity index (χ3n) is 3.70. The van der Waals surface area contributed by atoms with E-state index in [0.29, 0.717) is 0 Å². The molecule has 0 N–H and O–H groups in total. The van der Waals surface area contributed by atoms with Gasteiger partial charge in [-0.2, -0.15) is 5.26 Å². The molecule has 0 unspecified atom stereocenters. The predicted octanol–water partition coefficient (Wildman–Crippen LogP) is 2.48. The minimum Gasteiger partial charge on any atom is -0.380 e. The summed E-state index contributed by atoms with van der Waals surface area (Å²) in [5, 5.41) is 8.84. The van der Waals surface area contributed by atoms with Gasteiger partial charge in [0.2, 0.25) is 0 Å². The van der Waals surface area contributed by atoms with E-state index in [9.17, 15) is 0 Å². The highest BCUT2D eigenvalue weighted by atomic mass is 16.5. The molecule has 0 aliphatic carbocycles. The third kappa shape index (κ3) is 5.02. The fourth-order valence-electron chi connectivity index (χ4n) is 2.42. The van der Waals surface area contributed by atoms with E-state index in [-0.39, 0.29) is 5.92 Å². The summed E-state index contributed by atoms with van der Waals surface area (Å²) in [7, 11) is 0. The average molecular weight is 258 g/mol. The first-order valence-corrected chi connectivity index (χ1v) is 7.12. The maximum atomic E-state index is 8.84. The highest BCUT2D eigenvalue weighted by Gasteiger charge is 2.17. The predicted molar refractivity (Wildman–Crippen MR) is 75.7 cm³/mol. The van der Waals surface area contributed by atoms with Crippen molar-refractivity contribution in [3.05, 3.63) is 35.9 Å². The average Bonchev–Trinajstić information content (AvgIpc) is 2.49. The van der Waals surface area contributed by atoms with Crippen LogP contribution in [0.25, 0.3) is 0 Å². The summed E-state index contributed by atoms with van der Waals surface area (Å²) in [6.07, 6.45) is 3.01. The molecule has 1 aliphatic rings. The normalized spacial score (nSPS) is 17.2. The highest BCUT2D eigenvalue weighted by Crippen LogP contribution is 2.15. The lowest BCUT2D eigenvalue weighted by Gasteiger charge is -2.28. The van der Waals surface area contributed by atoms with Crippen LogP contribution in [0.5, 0.6) is 0 Å². The lowest BCUT2D eigenvalue weighted by Crippen LogP contribution is -2.35. The Labute approximate surface area is 115 Å². The molecule has 1 aliphatic heterocycles. The molecule has 0 aromatic heterocycles. The summed E-state index contributed by atoms with van der Waals surface area (Å²) in [5.74, 6) is 0.273. The van der Waals surface area contributed by atoms with Gasteiger partial charge < -0.3 is 9.64 Å². The zero-order valence-electron chi connectivity index (χ0n) is 11.4. The first kappa shape index (κ1) is 14.0. The number of piperidine rings is 1. The van der Waals surface area contributed by atoms with Crippen LogP contribution >= 0.6 is 0 Å². The standard InChI is InChI=1S/C16H22N2O/c17-14-16-6-9-18(10-7-16)11-13-19-12-8-15-4-2-1-3-5-15/h1-5,16H,6-13H2. The molecule has 0 spiro atoms. The Hall–Kier alpha value is -1.37. The second kappa shape index (κ2) is 7.93. The Kier molecular flexibility index (Phi) is 5.87. The van der Waals surface area contributed by atoms with E-state index in [1.54, 1.807) is 0 Å². The molecular weight excluding hydrogens is 236 g/mol. The lowest BCUT2D eigenvalue weighted by atomic mass is 9.99. The van der Waals surface area contributed by atoms with E-state index in [1.807, 2.05) is 6.07 Å². The van der Waals surface area contributed by atoms with Crippen LogP contribution in [0.15, 0.2) is 30.3 Å². The summed E-state index contributed by atoms with van der Waals surface area (Å²) >= 11 is 0. The molecule has 1 aromatic carbocycles. The van der Waals surface area contributed by atoms with Crippen LogP contribution < -0.4 is 0 Å². The van der Waals surface area contributed by atoms with E-state index in [2.05, 4.69) is 35.2 Å². The van der Waals surface area contributed by atoms with E-state index in [0.717, 1.165) is 52.1 Å². The van der Waals surface area contributed by atoms with Crippen molar-refractivity contribution in [2.45, 2.75) is 19.3 Å². The minimum atomic E-state index is 0.273. The first-order chi connectivity index (χ1) is 9.38. The van der Waals surface area contributed by atoms with Crippen molar-refractivity contribution in [2.75, 3.05) is 32.8 Å². The summed E-state index contributed by atoms with van der Waals surface area (Å²) in [6.45, 7) is 4.66. The number of benzene rings is 1. The number of nitriles is 1. The van der Waals surface area contributed by atoms with Gasteiger partial charge in [0, 0.05) is 12.5 Å². The monoisotopic (exact) mass is 258 g/mol. The van der Waals surface area contributed by atoms with Crippen LogP contribution in [0.3, 0.4) is 0 Å². The number of rotatable bonds is 6. The summed E-state index contributed by atoms with van der Waals surface area (Å²) < 4.78 is 5.69. The van der Waals surface area contributed by atoms with Crippen molar-refractivity contribution < 1.29 is 4.74 Å². The van der Waals surface area contributed by atoms with Crippen molar-refractivity contribution in [2.24, 2.45) is 5.92 Å². The van der Waals surface area contributed by atoms with Crippen LogP contribution in [0.4, 0.5) is 0 Å². The topological polar surface area (TPSA) is 36.3 Å². The van der Waals surface area contributed by atoms with E-state index in [4.69, 9.17) is 10.00 Å². The van der Waals surface area contributed by atoms with Crippen LogP contribution in [0, 0.1) is 17.2 Å². The second-order valence-corrected chi connectivity index (χ2v) is 5.09. The molecule has 1 aromatic rings. The zero-order valence-corrected chi connectivity index (χ0v) is 11.4. The maximum Gasteiger partial charge on any atom is 0.0656 e. The number of hydrogen-bond acceptors (Lipinski definition) is 3. The largest absolute Gasteiger partial charge is 0.380 e. The summed E-state index contributed by atoms with van der Waals surface area (Å²) in [6, 6.07) is 12.8. The molecule has 0 atom stereocenters. The maximum absolute atomic E-state index is 8.84. The van der Waals surface area contributed by atoms with Crippen molar-refractivity contribution >= 4 is 0 Å². The Bertz CT molecular complexity index is 391. The molecule has 2 rings (SSSR count). The molecule has 3 nitrogen and oxygen atoms in total. The molecule has 1 heterocycles. The zero-order chi connectivity index (χ0) is 13.3. The Balaban J connectivity index is 1.52. The molecule has 102 valence electrons. The molecule has 0 amide bonds. The van der Waals surface area contributed by atoms with Gasteiger partial charge in [-0.3, -0.25) is 0 Å². The first-order valence-electron chi connectivity index (χ1n) is 7.12. The van der Waals surface area contributed by atoms with E-state index < -0.39 is 0 Å². The molecule has 3 heteroatoms. The fraction of sp³-hybridized carbons (Fsp3) is 0.562. The smallest absolute Gasteiger partial charge is 0.0656 e. The Morgan fingerprint density at radius 2 is 1.89 bits per heavy atom. The Morgan fingerprint density at radius 1 is 1.16 bits per heavy atom. The second-order valence-electron chi connectivity index (χ2n) is 5.09. The van der Waals surface area contributed by atoms with Gasteiger partial charge in [0.1, 0.15) is 0 Å². The lowest BCUT2D eigenvalue weighted by molar-refractivity contribution is 0.0943. The Morgan fingerprint density at radius 3 is 2.58 bits per heavy atom. The number of ether oxygens (including phenoxy) is 1. The molecule has 0 radical (unpaired) electrons. The summed E-state index contributed by atoms with van der Waals surface area (Å²) in [4.78, 5) is 2.40. The van der Waals surface area contributed by atoms with Gasteiger partial charge in [0.05, 0.1) is 19.3 Å². The SMILES string of the molecule is N#CC1CCN(CCOCCc2ccccc2)CC1. The van der Waals surface area contributed by atoms with Gasteiger partial charge >= 0.3 is 0 Å².